The number of anilines is 2. The van der Waals surface area contributed by atoms with E-state index in [0.29, 0.717) is 0 Å². The van der Waals surface area contributed by atoms with Gasteiger partial charge in [0.2, 0.25) is 0 Å². The number of rotatable bonds is 3. The van der Waals surface area contributed by atoms with Crippen molar-refractivity contribution in [3.63, 3.8) is 0 Å². The zero-order valence-corrected chi connectivity index (χ0v) is 11.1. The zero-order chi connectivity index (χ0) is 11.4. The van der Waals surface area contributed by atoms with Crippen LogP contribution in [-0.2, 0) is 0 Å². The summed E-state index contributed by atoms with van der Waals surface area (Å²) in [7, 11) is 1.68. The Morgan fingerprint density at radius 2 is 1.69 bits per heavy atom. The van der Waals surface area contributed by atoms with Crippen LogP contribution in [-0.4, -0.2) is 7.11 Å². The Labute approximate surface area is 109 Å². The maximum absolute atomic E-state index is 5.28. The quantitative estimate of drug-likeness (QED) is 0.860. The average Bonchev–Trinajstić information content (AvgIpc) is 2.33. The maximum Gasteiger partial charge on any atom is 0.142 e. The highest BCUT2D eigenvalue weighted by Gasteiger charge is 2.01. The molecule has 2 nitrogen and oxygen atoms in total. The van der Waals surface area contributed by atoms with E-state index in [1.54, 1.807) is 7.11 Å². The Kier molecular flexibility index (Phi) is 3.66. The van der Waals surface area contributed by atoms with E-state index in [4.69, 9.17) is 4.74 Å². The van der Waals surface area contributed by atoms with Crippen LogP contribution in [0.5, 0.6) is 5.75 Å². The van der Waals surface area contributed by atoms with Crippen molar-refractivity contribution in [1.82, 2.24) is 0 Å². The minimum Gasteiger partial charge on any atom is -0.495 e. The van der Waals surface area contributed by atoms with Crippen LogP contribution in [0.1, 0.15) is 0 Å². The van der Waals surface area contributed by atoms with E-state index in [9.17, 15) is 0 Å². The molecule has 0 amide bonds. The molecule has 16 heavy (non-hydrogen) atoms. The molecule has 1 N–H and O–H groups in total. The largest absolute Gasteiger partial charge is 0.495 e. The van der Waals surface area contributed by atoms with E-state index in [0.717, 1.165) is 17.1 Å². The third-order valence-electron chi connectivity index (χ3n) is 2.23. The third-order valence-corrected chi connectivity index (χ3v) is 2.95. The Morgan fingerprint density at radius 1 is 1.00 bits per heavy atom. The van der Waals surface area contributed by atoms with E-state index in [-0.39, 0.29) is 0 Å². The molecule has 2 rings (SSSR count). The Hall–Kier alpha value is -1.23. The number of hydrogen-bond donors (Lipinski definition) is 1. The maximum atomic E-state index is 5.28. The van der Waals surface area contributed by atoms with Gasteiger partial charge in [0.15, 0.2) is 0 Å². The second-order valence-corrected chi connectivity index (χ2v) is 4.58. The van der Waals surface area contributed by atoms with Gasteiger partial charge in [-0.05, 0) is 59.0 Å². The first kappa shape index (κ1) is 11.3. The number of hydrogen-bond acceptors (Lipinski definition) is 2. The number of benzene rings is 2. The highest BCUT2D eigenvalue weighted by atomic mass is 127. The molecule has 0 spiro atoms. The minimum atomic E-state index is 0.848. The number of para-hydroxylation sites is 2. The fourth-order valence-corrected chi connectivity index (χ4v) is 1.80. The summed E-state index contributed by atoms with van der Waals surface area (Å²) < 4.78 is 6.50. The molecule has 0 unspecified atom stereocenters. The number of ether oxygens (including phenoxy) is 1. The molecule has 0 heterocycles. The minimum absolute atomic E-state index is 0.848. The van der Waals surface area contributed by atoms with Crippen molar-refractivity contribution in [2.24, 2.45) is 0 Å². The van der Waals surface area contributed by atoms with Gasteiger partial charge in [-0.15, -0.1) is 0 Å². The summed E-state index contributed by atoms with van der Waals surface area (Å²) in [5.74, 6) is 0.848. The zero-order valence-electron chi connectivity index (χ0n) is 8.91. The van der Waals surface area contributed by atoms with Crippen LogP contribution in [0.3, 0.4) is 0 Å². The second kappa shape index (κ2) is 5.21. The van der Waals surface area contributed by atoms with E-state index in [1.807, 2.05) is 36.4 Å². The van der Waals surface area contributed by atoms with E-state index in [2.05, 4.69) is 40.0 Å². The Morgan fingerprint density at radius 3 is 2.38 bits per heavy atom. The van der Waals surface area contributed by atoms with Gasteiger partial charge < -0.3 is 10.1 Å². The monoisotopic (exact) mass is 325 g/mol. The summed E-state index contributed by atoms with van der Waals surface area (Å²) in [4.78, 5) is 0. The molecule has 0 saturated heterocycles. The van der Waals surface area contributed by atoms with Crippen LogP contribution in [0, 0.1) is 3.57 Å². The molecular weight excluding hydrogens is 313 g/mol. The van der Waals surface area contributed by atoms with Crippen molar-refractivity contribution in [3.05, 3.63) is 52.1 Å². The molecule has 82 valence electrons. The van der Waals surface area contributed by atoms with Gasteiger partial charge in [-0.3, -0.25) is 0 Å². The van der Waals surface area contributed by atoms with Crippen LogP contribution in [0.2, 0.25) is 0 Å². The van der Waals surface area contributed by atoms with Gasteiger partial charge in [0.25, 0.3) is 0 Å². The lowest BCUT2D eigenvalue weighted by molar-refractivity contribution is 0.417. The molecule has 0 aliphatic heterocycles. The summed E-state index contributed by atoms with van der Waals surface area (Å²) >= 11 is 2.29. The topological polar surface area (TPSA) is 21.3 Å². The molecule has 2 aromatic rings. The lowest BCUT2D eigenvalue weighted by Gasteiger charge is -2.10. The van der Waals surface area contributed by atoms with Crippen molar-refractivity contribution >= 4 is 34.0 Å². The van der Waals surface area contributed by atoms with Crippen molar-refractivity contribution in [2.75, 3.05) is 12.4 Å². The average molecular weight is 325 g/mol. The van der Waals surface area contributed by atoms with Crippen molar-refractivity contribution in [1.29, 1.82) is 0 Å². The molecule has 0 bridgehead atoms. The van der Waals surface area contributed by atoms with Gasteiger partial charge in [-0.2, -0.15) is 0 Å². The first-order valence-electron chi connectivity index (χ1n) is 4.95. The predicted molar refractivity (Wildman–Crippen MR) is 75.4 cm³/mol. The molecule has 0 fully saturated rings. The third kappa shape index (κ3) is 2.66. The SMILES string of the molecule is COc1ccccc1Nc1ccc(I)cc1. The van der Waals surface area contributed by atoms with E-state index in [1.165, 1.54) is 3.57 Å². The normalized spacial score (nSPS) is 9.88. The summed E-state index contributed by atoms with van der Waals surface area (Å²) in [5.41, 5.74) is 2.04. The van der Waals surface area contributed by atoms with Gasteiger partial charge in [0.05, 0.1) is 12.8 Å². The van der Waals surface area contributed by atoms with Crippen LogP contribution < -0.4 is 10.1 Å². The van der Waals surface area contributed by atoms with Crippen LogP contribution >= 0.6 is 22.6 Å². The molecule has 0 atom stereocenters. The van der Waals surface area contributed by atoms with Gasteiger partial charge in [0, 0.05) is 9.26 Å². The molecule has 3 heteroatoms. The highest BCUT2D eigenvalue weighted by molar-refractivity contribution is 14.1. The van der Waals surface area contributed by atoms with E-state index >= 15 is 0 Å². The fraction of sp³-hybridized carbons (Fsp3) is 0.0769. The van der Waals surface area contributed by atoms with Crippen molar-refractivity contribution in [3.8, 4) is 5.75 Å². The lowest BCUT2D eigenvalue weighted by atomic mass is 10.2. The Balaban J connectivity index is 2.23. The summed E-state index contributed by atoms with van der Waals surface area (Å²) in [6, 6.07) is 16.1. The summed E-state index contributed by atoms with van der Waals surface area (Å²) in [5, 5.41) is 3.32. The van der Waals surface area contributed by atoms with Crippen LogP contribution in [0.25, 0.3) is 0 Å². The second-order valence-electron chi connectivity index (χ2n) is 3.33. The standard InChI is InChI=1S/C13H12INO/c1-16-13-5-3-2-4-12(13)15-11-8-6-10(14)7-9-11/h2-9,15H,1H3. The fourth-order valence-electron chi connectivity index (χ4n) is 1.44. The number of halogens is 1. The van der Waals surface area contributed by atoms with Gasteiger partial charge in [-0.1, -0.05) is 12.1 Å². The van der Waals surface area contributed by atoms with Gasteiger partial charge in [0.1, 0.15) is 5.75 Å². The smallest absolute Gasteiger partial charge is 0.142 e. The molecule has 0 radical (unpaired) electrons. The van der Waals surface area contributed by atoms with Gasteiger partial charge in [-0.25, -0.2) is 0 Å². The number of nitrogens with one attached hydrogen (secondary N) is 1. The molecule has 0 aliphatic rings. The van der Waals surface area contributed by atoms with Crippen LogP contribution in [0.4, 0.5) is 11.4 Å². The summed E-state index contributed by atoms with van der Waals surface area (Å²) in [6.45, 7) is 0. The molecule has 0 aliphatic carbocycles. The lowest BCUT2D eigenvalue weighted by Crippen LogP contribution is -1.93. The predicted octanol–water partition coefficient (Wildman–Crippen LogP) is 4.04. The van der Waals surface area contributed by atoms with Crippen LogP contribution in [0.15, 0.2) is 48.5 Å². The first-order valence-corrected chi connectivity index (χ1v) is 6.03. The summed E-state index contributed by atoms with van der Waals surface area (Å²) in [6.07, 6.45) is 0. The van der Waals surface area contributed by atoms with Crippen molar-refractivity contribution in [2.45, 2.75) is 0 Å². The van der Waals surface area contributed by atoms with Gasteiger partial charge >= 0.3 is 0 Å². The van der Waals surface area contributed by atoms with E-state index < -0.39 is 0 Å². The number of methoxy groups -OCH3 is 1. The molecule has 2 aromatic carbocycles. The first-order chi connectivity index (χ1) is 7.79. The van der Waals surface area contributed by atoms with Crippen molar-refractivity contribution < 1.29 is 4.74 Å². The molecular formula is C13H12INO. The molecule has 0 aromatic heterocycles. The molecule has 0 saturated carbocycles. The Bertz CT molecular complexity index is 468. The highest BCUT2D eigenvalue weighted by Crippen LogP contribution is 2.26.